The lowest BCUT2D eigenvalue weighted by Crippen LogP contribution is -2.43. The molecule has 1 atom stereocenters. The first-order valence-electron chi connectivity index (χ1n) is 2.49. The molecule has 2 heteroatoms. The van der Waals surface area contributed by atoms with Crippen LogP contribution in [0.5, 0.6) is 0 Å². The Morgan fingerprint density at radius 2 is 2.43 bits per heavy atom. The topological polar surface area (TPSA) is 29.1 Å². The highest BCUT2D eigenvalue weighted by atomic mass is 16.5. The van der Waals surface area contributed by atoms with Crippen LogP contribution in [0.2, 0.25) is 0 Å². The highest BCUT2D eigenvalue weighted by Crippen LogP contribution is 2.24. The summed E-state index contributed by atoms with van der Waals surface area (Å²) in [6, 6.07) is 0. The van der Waals surface area contributed by atoms with Crippen LogP contribution in [0.1, 0.15) is 13.3 Å². The van der Waals surface area contributed by atoms with Crippen LogP contribution in [0.4, 0.5) is 0 Å². The highest BCUT2D eigenvalue weighted by molar-refractivity contribution is 4.80. The second kappa shape index (κ2) is 1.46. The molecule has 0 aromatic carbocycles. The molecule has 0 aromatic rings. The molecule has 0 spiro atoms. The third-order valence-corrected chi connectivity index (χ3v) is 1.39. The quantitative estimate of drug-likeness (QED) is 0.475. The van der Waals surface area contributed by atoms with Gasteiger partial charge in [-0.05, 0) is 6.92 Å². The van der Waals surface area contributed by atoms with Crippen LogP contribution in [-0.2, 0) is 9.84 Å². The van der Waals surface area contributed by atoms with E-state index in [1.807, 2.05) is 6.92 Å². The van der Waals surface area contributed by atoms with Crippen molar-refractivity contribution in [3.8, 4) is 0 Å². The Bertz CT molecular complexity index is 61.0. The van der Waals surface area contributed by atoms with Gasteiger partial charge in [-0.2, -0.15) is 0 Å². The van der Waals surface area contributed by atoms with Gasteiger partial charge < -0.3 is 4.74 Å². The molecule has 1 aliphatic heterocycles. The van der Waals surface area contributed by atoms with E-state index in [1.54, 1.807) is 0 Å². The van der Waals surface area contributed by atoms with Gasteiger partial charge in [0.05, 0.1) is 12.2 Å². The molecule has 1 heterocycles. The third kappa shape index (κ3) is 0.763. The van der Waals surface area contributed by atoms with Crippen molar-refractivity contribution in [1.82, 2.24) is 0 Å². The molecule has 0 bridgehead atoms. The Hall–Kier alpha value is -0.0800. The van der Waals surface area contributed by atoms with E-state index in [2.05, 4.69) is 0 Å². The van der Waals surface area contributed by atoms with E-state index >= 15 is 0 Å². The lowest BCUT2D eigenvalue weighted by Gasteiger charge is -2.35. The normalized spacial score (nSPS) is 40.3. The first-order chi connectivity index (χ1) is 3.27. The fourth-order valence-electron chi connectivity index (χ4n) is 0.564. The van der Waals surface area contributed by atoms with Gasteiger partial charge in [-0.3, -0.25) is 0 Å². The monoisotopic (exact) mass is 101 g/mol. The van der Waals surface area contributed by atoms with E-state index in [1.165, 1.54) is 0 Å². The first kappa shape index (κ1) is 5.06. The second-order valence-corrected chi connectivity index (χ2v) is 2.19. The van der Waals surface area contributed by atoms with Crippen molar-refractivity contribution in [1.29, 1.82) is 0 Å². The van der Waals surface area contributed by atoms with Crippen LogP contribution < -0.4 is 0 Å². The third-order valence-electron chi connectivity index (χ3n) is 1.39. The summed E-state index contributed by atoms with van der Waals surface area (Å²) in [7, 11) is 0. The minimum absolute atomic E-state index is 0.0903. The Morgan fingerprint density at radius 3 is 2.43 bits per heavy atom. The molecule has 41 valence electrons. The maximum absolute atomic E-state index is 10.1. The van der Waals surface area contributed by atoms with Crippen molar-refractivity contribution in [2.24, 2.45) is 0 Å². The van der Waals surface area contributed by atoms with Crippen molar-refractivity contribution in [3.63, 3.8) is 0 Å². The van der Waals surface area contributed by atoms with E-state index in [-0.39, 0.29) is 12.2 Å². The summed E-state index contributed by atoms with van der Waals surface area (Å²) in [4.78, 5) is 0. The van der Waals surface area contributed by atoms with Gasteiger partial charge in [0.25, 0.3) is 0 Å². The van der Waals surface area contributed by atoms with Gasteiger partial charge in [-0.25, -0.2) is 5.11 Å². The molecule has 1 rings (SSSR count). The van der Waals surface area contributed by atoms with E-state index in [0.29, 0.717) is 0 Å². The average Bonchev–Trinajstić information content (AvgIpc) is 1.61. The molecule has 1 saturated heterocycles. The molecule has 1 unspecified atom stereocenters. The summed E-state index contributed by atoms with van der Waals surface area (Å²) >= 11 is 0. The molecule has 2 nitrogen and oxygen atoms in total. The summed E-state index contributed by atoms with van der Waals surface area (Å²) in [6.07, 6.45) is 0.941. The SMILES string of the molecule is CC1(C[O])CCO1. The lowest BCUT2D eigenvalue weighted by atomic mass is 9.99. The van der Waals surface area contributed by atoms with Gasteiger partial charge in [-0.1, -0.05) is 0 Å². The van der Waals surface area contributed by atoms with E-state index in [4.69, 9.17) is 4.74 Å². The molecule has 7 heavy (non-hydrogen) atoms. The minimum atomic E-state index is -0.292. The lowest BCUT2D eigenvalue weighted by molar-refractivity contribution is -0.168. The summed E-state index contributed by atoms with van der Waals surface area (Å²) < 4.78 is 4.95. The molecule has 0 aromatic heterocycles. The molecular formula is C5H9O2. The van der Waals surface area contributed by atoms with Crippen LogP contribution in [0.3, 0.4) is 0 Å². The van der Waals surface area contributed by atoms with Crippen LogP contribution in [0, 0.1) is 0 Å². The van der Waals surface area contributed by atoms with Gasteiger partial charge in [0.2, 0.25) is 0 Å². The van der Waals surface area contributed by atoms with Crippen LogP contribution >= 0.6 is 0 Å². The summed E-state index contributed by atoms with van der Waals surface area (Å²) in [5.74, 6) is 0. The number of hydrogen-bond donors (Lipinski definition) is 0. The Labute approximate surface area is 43.1 Å². The van der Waals surface area contributed by atoms with Crippen molar-refractivity contribution >= 4 is 0 Å². The Kier molecular flexibility index (Phi) is 1.05. The molecule has 0 aliphatic carbocycles. The van der Waals surface area contributed by atoms with Crippen molar-refractivity contribution in [2.75, 3.05) is 13.2 Å². The fraction of sp³-hybridized carbons (Fsp3) is 1.00. The summed E-state index contributed by atoms with van der Waals surface area (Å²) in [6.45, 7) is 2.54. The van der Waals surface area contributed by atoms with E-state index in [9.17, 15) is 5.11 Å². The van der Waals surface area contributed by atoms with Crippen LogP contribution in [0.15, 0.2) is 0 Å². The average molecular weight is 101 g/mol. The van der Waals surface area contributed by atoms with E-state index in [0.717, 1.165) is 13.0 Å². The molecule has 1 radical (unpaired) electrons. The maximum atomic E-state index is 10.1. The first-order valence-corrected chi connectivity index (χ1v) is 2.49. The smallest absolute Gasteiger partial charge is 0.111 e. The van der Waals surface area contributed by atoms with Crippen molar-refractivity contribution in [2.45, 2.75) is 18.9 Å². The second-order valence-electron chi connectivity index (χ2n) is 2.19. The molecule has 0 N–H and O–H groups in total. The Balaban J connectivity index is 2.29. The summed E-state index contributed by atoms with van der Waals surface area (Å²) in [5.41, 5.74) is -0.292. The standard InChI is InChI=1S/C5H9O2/c1-5(4-6)2-3-7-5/h2-4H2,1H3. The predicted octanol–water partition coefficient (Wildman–Crippen LogP) is 0.596. The zero-order chi connectivity index (χ0) is 5.33. The number of rotatable bonds is 1. The van der Waals surface area contributed by atoms with Crippen LogP contribution in [-0.4, -0.2) is 18.8 Å². The fourth-order valence-corrected chi connectivity index (χ4v) is 0.564. The highest BCUT2D eigenvalue weighted by Gasteiger charge is 2.32. The van der Waals surface area contributed by atoms with Gasteiger partial charge in [0.15, 0.2) is 0 Å². The minimum Gasteiger partial charge on any atom is -0.373 e. The largest absolute Gasteiger partial charge is 0.373 e. The Morgan fingerprint density at radius 1 is 1.86 bits per heavy atom. The van der Waals surface area contributed by atoms with Crippen LogP contribution in [0.25, 0.3) is 0 Å². The van der Waals surface area contributed by atoms with Gasteiger partial charge >= 0.3 is 0 Å². The van der Waals surface area contributed by atoms with Gasteiger partial charge in [-0.15, -0.1) is 0 Å². The zero-order valence-corrected chi connectivity index (χ0v) is 4.44. The van der Waals surface area contributed by atoms with Crippen molar-refractivity contribution < 1.29 is 9.84 Å². The van der Waals surface area contributed by atoms with E-state index < -0.39 is 0 Å². The van der Waals surface area contributed by atoms with Gasteiger partial charge in [0, 0.05) is 6.42 Å². The zero-order valence-electron chi connectivity index (χ0n) is 4.44. The molecule has 0 saturated carbocycles. The van der Waals surface area contributed by atoms with Gasteiger partial charge in [0.1, 0.15) is 6.61 Å². The molecule has 0 amide bonds. The predicted molar refractivity (Wildman–Crippen MR) is 24.5 cm³/mol. The summed E-state index contributed by atoms with van der Waals surface area (Å²) in [5, 5.41) is 10.1. The number of hydrogen-bond acceptors (Lipinski definition) is 1. The molecular weight excluding hydrogens is 92.1 g/mol. The maximum Gasteiger partial charge on any atom is 0.111 e. The molecule has 1 fully saturated rings. The van der Waals surface area contributed by atoms with Crippen molar-refractivity contribution in [3.05, 3.63) is 0 Å². The molecule has 1 aliphatic rings. The number of ether oxygens (including phenoxy) is 1.